The predicted molar refractivity (Wildman–Crippen MR) is 89.6 cm³/mol. The van der Waals surface area contributed by atoms with Crippen molar-refractivity contribution in [1.82, 2.24) is 0 Å². The summed E-state index contributed by atoms with van der Waals surface area (Å²) < 4.78 is 0.210. The van der Waals surface area contributed by atoms with Crippen LogP contribution in [0.4, 0.5) is 0 Å². The van der Waals surface area contributed by atoms with E-state index in [1.54, 1.807) is 0 Å². The van der Waals surface area contributed by atoms with Crippen molar-refractivity contribution in [1.29, 1.82) is 0 Å². The van der Waals surface area contributed by atoms with Crippen molar-refractivity contribution in [2.45, 2.75) is 80.9 Å². The standard InChI is InChI=1S/C16H28BI/c1-12-9-10-16(17,15(2,3)18)14-8-6-4-5-7-13(14)11-12/h12-14H,4-11H2,1-3H3. The molecular weight excluding hydrogens is 330 g/mol. The highest BCUT2D eigenvalue weighted by molar-refractivity contribution is 14.1. The van der Waals surface area contributed by atoms with E-state index < -0.39 is 0 Å². The molecule has 0 aromatic carbocycles. The lowest BCUT2D eigenvalue weighted by Crippen LogP contribution is -2.41. The molecule has 0 spiro atoms. The van der Waals surface area contributed by atoms with Crippen molar-refractivity contribution in [2.24, 2.45) is 17.8 Å². The molecule has 102 valence electrons. The van der Waals surface area contributed by atoms with Gasteiger partial charge in [0.15, 0.2) is 0 Å². The Hall–Kier alpha value is 0.795. The van der Waals surface area contributed by atoms with Crippen LogP contribution in [0.1, 0.15) is 72.1 Å². The maximum Gasteiger partial charge on any atom is 0.0768 e. The largest absolute Gasteiger partial charge is 0.0797 e. The van der Waals surface area contributed by atoms with Crippen LogP contribution in [-0.4, -0.2) is 11.3 Å². The summed E-state index contributed by atoms with van der Waals surface area (Å²) in [6.07, 6.45) is 11.1. The summed E-state index contributed by atoms with van der Waals surface area (Å²) in [6, 6.07) is 0. The second-order valence-electron chi connectivity index (χ2n) is 7.40. The number of halogens is 1. The lowest BCUT2D eigenvalue weighted by molar-refractivity contribution is 0.202. The van der Waals surface area contributed by atoms with E-state index in [9.17, 15) is 0 Å². The summed E-state index contributed by atoms with van der Waals surface area (Å²) in [5.74, 6) is 2.53. The zero-order chi connectivity index (χ0) is 13.4. The molecule has 4 unspecified atom stereocenters. The first-order valence-corrected chi connectivity index (χ1v) is 8.90. The fourth-order valence-electron chi connectivity index (χ4n) is 4.39. The lowest BCUT2D eigenvalue weighted by atomic mass is 9.50. The maximum atomic E-state index is 7.01. The Kier molecular flexibility index (Phi) is 4.77. The zero-order valence-electron chi connectivity index (χ0n) is 12.3. The monoisotopic (exact) mass is 358 g/mol. The van der Waals surface area contributed by atoms with Gasteiger partial charge in [-0.05, 0) is 29.5 Å². The third kappa shape index (κ3) is 2.93. The molecule has 0 aromatic rings. The van der Waals surface area contributed by atoms with Gasteiger partial charge in [-0.2, -0.15) is 0 Å². The average molecular weight is 358 g/mol. The van der Waals surface area contributed by atoms with Gasteiger partial charge in [-0.25, -0.2) is 0 Å². The number of rotatable bonds is 1. The first kappa shape index (κ1) is 15.2. The van der Waals surface area contributed by atoms with Gasteiger partial charge in [0, 0.05) is 3.42 Å². The highest BCUT2D eigenvalue weighted by Gasteiger charge is 2.48. The summed E-state index contributed by atoms with van der Waals surface area (Å²) in [7, 11) is 7.01. The minimum Gasteiger partial charge on any atom is -0.0797 e. The van der Waals surface area contributed by atoms with E-state index in [1.165, 1.54) is 51.4 Å². The molecule has 2 aliphatic carbocycles. The van der Waals surface area contributed by atoms with Gasteiger partial charge in [0.25, 0.3) is 0 Å². The fourth-order valence-corrected chi connectivity index (χ4v) is 5.06. The Morgan fingerprint density at radius 3 is 2.44 bits per heavy atom. The molecule has 18 heavy (non-hydrogen) atoms. The molecule has 2 aliphatic rings. The number of fused-ring (bicyclic) bond motifs is 1. The van der Waals surface area contributed by atoms with E-state index in [0.717, 1.165) is 17.8 Å². The summed E-state index contributed by atoms with van der Waals surface area (Å²) in [5, 5.41) is 0.0489. The summed E-state index contributed by atoms with van der Waals surface area (Å²) >= 11 is 2.61. The summed E-state index contributed by atoms with van der Waals surface area (Å²) in [4.78, 5) is 0. The van der Waals surface area contributed by atoms with Gasteiger partial charge in [0.1, 0.15) is 0 Å². The molecule has 4 atom stereocenters. The first-order chi connectivity index (χ1) is 8.34. The molecule has 2 radical (unpaired) electrons. The Morgan fingerprint density at radius 2 is 1.78 bits per heavy atom. The van der Waals surface area contributed by atoms with Crippen LogP contribution in [-0.2, 0) is 0 Å². The van der Waals surface area contributed by atoms with Crippen LogP contribution in [0.5, 0.6) is 0 Å². The van der Waals surface area contributed by atoms with Gasteiger partial charge in [-0.3, -0.25) is 0 Å². The topological polar surface area (TPSA) is 0 Å². The van der Waals surface area contributed by atoms with E-state index in [4.69, 9.17) is 7.85 Å². The number of alkyl halides is 1. The molecule has 2 fully saturated rings. The predicted octanol–water partition coefficient (Wildman–Crippen LogP) is 5.54. The van der Waals surface area contributed by atoms with Gasteiger partial charge in [0.05, 0.1) is 7.85 Å². The van der Waals surface area contributed by atoms with Crippen LogP contribution in [0.2, 0.25) is 5.31 Å². The number of hydrogen-bond acceptors (Lipinski definition) is 0. The van der Waals surface area contributed by atoms with Crippen LogP contribution in [0.3, 0.4) is 0 Å². The third-order valence-electron chi connectivity index (χ3n) is 5.68. The normalized spacial score (nSPS) is 42.8. The molecule has 0 saturated heterocycles. The Labute approximate surface area is 129 Å². The van der Waals surface area contributed by atoms with Gasteiger partial charge in [-0.1, -0.05) is 88.3 Å². The third-order valence-corrected chi connectivity index (χ3v) is 6.69. The molecule has 0 aromatic heterocycles. The second kappa shape index (κ2) is 5.65. The van der Waals surface area contributed by atoms with Crippen LogP contribution in [0.25, 0.3) is 0 Å². The minimum atomic E-state index is 0.0489. The lowest BCUT2D eigenvalue weighted by Gasteiger charge is -2.49. The van der Waals surface area contributed by atoms with Crippen molar-refractivity contribution in [3.05, 3.63) is 0 Å². The first-order valence-electron chi connectivity index (χ1n) is 7.82. The molecule has 2 saturated carbocycles. The van der Waals surface area contributed by atoms with Crippen molar-refractivity contribution in [3.63, 3.8) is 0 Å². The average Bonchev–Trinajstić information content (AvgIpc) is 2.54. The molecule has 0 bridgehead atoms. The van der Waals surface area contributed by atoms with Gasteiger partial charge in [0.2, 0.25) is 0 Å². The molecular formula is C16H28BI. The van der Waals surface area contributed by atoms with E-state index in [-0.39, 0.29) is 8.74 Å². The SMILES string of the molecule is [B]C1(C(C)(C)I)CCC(C)CC2CCCCCC21. The van der Waals surface area contributed by atoms with E-state index in [0.29, 0.717) is 0 Å². The molecule has 2 rings (SSSR count). The molecule has 0 nitrogen and oxygen atoms in total. The van der Waals surface area contributed by atoms with E-state index >= 15 is 0 Å². The molecule has 0 amide bonds. The summed E-state index contributed by atoms with van der Waals surface area (Å²) in [6.45, 7) is 7.14. The fraction of sp³-hybridized carbons (Fsp3) is 1.00. The quantitative estimate of drug-likeness (QED) is 0.328. The highest BCUT2D eigenvalue weighted by Crippen LogP contribution is 2.60. The van der Waals surface area contributed by atoms with Crippen LogP contribution in [0.15, 0.2) is 0 Å². The van der Waals surface area contributed by atoms with Crippen molar-refractivity contribution >= 4 is 30.4 Å². The summed E-state index contributed by atoms with van der Waals surface area (Å²) in [5.41, 5.74) is 0. The van der Waals surface area contributed by atoms with E-state index in [1.807, 2.05) is 0 Å². The smallest absolute Gasteiger partial charge is 0.0768 e. The van der Waals surface area contributed by atoms with E-state index in [2.05, 4.69) is 43.4 Å². The van der Waals surface area contributed by atoms with Crippen LogP contribution in [0, 0.1) is 17.8 Å². The second-order valence-corrected chi connectivity index (χ2v) is 10.1. The van der Waals surface area contributed by atoms with Gasteiger partial charge >= 0.3 is 0 Å². The minimum absolute atomic E-state index is 0.0489. The highest BCUT2D eigenvalue weighted by atomic mass is 127. The van der Waals surface area contributed by atoms with Crippen LogP contribution >= 0.6 is 22.6 Å². The Bertz CT molecular complexity index is 283. The molecule has 0 heterocycles. The zero-order valence-corrected chi connectivity index (χ0v) is 14.5. The molecule has 0 N–H and O–H groups in total. The Balaban J connectivity index is 2.31. The van der Waals surface area contributed by atoms with Crippen LogP contribution < -0.4 is 0 Å². The molecule has 0 aliphatic heterocycles. The van der Waals surface area contributed by atoms with Crippen molar-refractivity contribution in [2.75, 3.05) is 0 Å². The van der Waals surface area contributed by atoms with Crippen molar-refractivity contribution < 1.29 is 0 Å². The maximum absolute atomic E-state index is 7.01. The van der Waals surface area contributed by atoms with Gasteiger partial charge in [-0.15, -0.1) is 0 Å². The Morgan fingerprint density at radius 1 is 1.11 bits per heavy atom. The van der Waals surface area contributed by atoms with Crippen molar-refractivity contribution in [3.8, 4) is 0 Å². The van der Waals surface area contributed by atoms with Gasteiger partial charge < -0.3 is 0 Å². The molecule has 2 heteroatoms. The number of hydrogen-bond donors (Lipinski definition) is 0.